The number of rotatable bonds is 6. The molecule has 9 nitrogen and oxygen atoms in total. The summed E-state index contributed by atoms with van der Waals surface area (Å²) in [5, 5.41) is 11.1. The summed E-state index contributed by atoms with van der Waals surface area (Å²) < 4.78 is 27.4. The molecule has 2 atom stereocenters. The lowest BCUT2D eigenvalue weighted by Gasteiger charge is -2.39. The van der Waals surface area contributed by atoms with Crippen molar-refractivity contribution in [3.8, 4) is 28.7 Å². The van der Waals surface area contributed by atoms with Crippen LogP contribution in [0, 0.1) is 0 Å². The van der Waals surface area contributed by atoms with Gasteiger partial charge in [-0.05, 0) is 31.2 Å². The third kappa shape index (κ3) is 3.48. The Bertz CT molecular complexity index is 1070. The number of hydrogen-bond donors (Lipinski definition) is 1. The van der Waals surface area contributed by atoms with E-state index < -0.39 is 18.1 Å². The molecule has 0 amide bonds. The number of carbonyl (C=O) groups excluding carboxylic acids is 2. The van der Waals surface area contributed by atoms with Gasteiger partial charge in [-0.2, -0.15) is 0 Å². The van der Waals surface area contributed by atoms with E-state index in [1.165, 1.54) is 21.1 Å². The molecule has 2 aliphatic rings. The molecule has 0 saturated carbocycles. The maximum atomic E-state index is 12.1. The van der Waals surface area contributed by atoms with Crippen molar-refractivity contribution in [3.05, 3.63) is 40.5 Å². The highest BCUT2D eigenvalue weighted by molar-refractivity contribution is 5.84. The lowest BCUT2D eigenvalue weighted by Crippen LogP contribution is -2.37. The number of aldehydes is 1. The summed E-state index contributed by atoms with van der Waals surface area (Å²) in [4.78, 5) is 26.2. The zero-order valence-corrected chi connectivity index (χ0v) is 18.3. The fourth-order valence-corrected chi connectivity index (χ4v) is 4.48. The molecule has 0 spiro atoms. The number of hydrogen-bond acceptors (Lipinski definition) is 9. The predicted molar refractivity (Wildman–Crippen MR) is 113 cm³/mol. The lowest BCUT2D eigenvalue weighted by molar-refractivity contribution is -0.150. The highest BCUT2D eigenvalue weighted by Crippen LogP contribution is 2.53. The molecule has 32 heavy (non-hydrogen) atoms. The van der Waals surface area contributed by atoms with Crippen molar-refractivity contribution in [2.24, 2.45) is 0 Å². The summed E-state index contributed by atoms with van der Waals surface area (Å²) >= 11 is 0. The van der Waals surface area contributed by atoms with E-state index >= 15 is 0 Å². The lowest BCUT2D eigenvalue weighted by atomic mass is 9.84. The second-order valence-electron chi connectivity index (χ2n) is 7.66. The maximum Gasteiger partial charge on any atom is 0.303 e. The third-order valence-corrected chi connectivity index (χ3v) is 5.89. The van der Waals surface area contributed by atoms with Crippen molar-refractivity contribution >= 4 is 12.3 Å². The number of carbonyl (C=O) groups is 2. The van der Waals surface area contributed by atoms with Crippen molar-refractivity contribution in [2.75, 3.05) is 34.6 Å². The first kappa shape index (κ1) is 21.8. The van der Waals surface area contributed by atoms with Crippen LogP contribution < -0.4 is 18.9 Å². The molecule has 0 radical (unpaired) electrons. The number of likely N-dealkylation sites (N-methyl/N-ethyl adjacent to an activating group) is 1. The Balaban J connectivity index is 1.93. The summed E-state index contributed by atoms with van der Waals surface area (Å²) in [5.74, 6) is 0.773. The maximum absolute atomic E-state index is 12.1. The largest absolute Gasteiger partial charge is 0.504 e. The van der Waals surface area contributed by atoms with Crippen molar-refractivity contribution in [2.45, 2.75) is 25.5 Å². The first-order valence-electron chi connectivity index (χ1n) is 10.1. The molecule has 2 aliphatic heterocycles. The summed E-state index contributed by atoms with van der Waals surface area (Å²) in [5.41, 5.74) is 2.08. The highest BCUT2D eigenvalue weighted by Gasteiger charge is 2.41. The van der Waals surface area contributed by atoms with Gasteiger partial charge in [0.15, 0.2) is 29.3 Å². The van der Waals surface area contributed by atoms with Crippen LogP contribution in [0.4, 0.5) is 0 Å². The molecule has 170 valence electrons. The van der Waals surface area contributed by atoms with Crippen LogP contribution in [0.25, 0.3) is 0 Å². The van der Waals surface area contributed by atoms with Gasteiger partial charge in [0, 0.05) is 24.6 Å². The minimum Gasteiger partial charge on any atom is -0.504 e. The molecule has 2 heterocycles. The van der Waals surface area contributed by atoms with Gasteiger partial charge in [0.25, 0.3) is 0 Å². The van der Waals surface area contributed by atoms with Gasteiger partial charge < -0.3 is 28.8 Å². The Morgan fingerprint density at radius 3 is 2.72 bits per heavy atom. The molecular formula is C23H25NO8. The van der Waals surface area contributed by atoms with Gasteiger partial charge in [-0.3, -0.25) is 14.5 Å². The first-order chi connectivity index (χ1) is 15.4. The minimum atomic E-state index is -0.914. The second kappa shape index (κ2) is 8.58. The zero-order valence-electron chi connectivity index (χ0n) is 18.3. The average Bonchev–Trinajstić information content (AvgIpc) is 3.26. The van der Waals surface area contributed by atoms with Gasteiger partial charge in [0.1, 0.15) is 6.10 Å². The predicted octanol–water partition coefficient (Wildman–Crippen LogP) is 2.78. The Morgan fingerprint density at radius 2 is 2.06 bits per heavy atom. The molecule has 2 aromatic carbocycles. The number of phenols is 1. The number of methoxy groups -OCH3 is 2. The molecule has 0 aromatic heterocycles. The van der Waals surface area contributed by atoms with Gasteiger partial charge in [0.05, 0.1) is 25.8 Å². The van der Waals surface area contributed by atoms with Gasteiger partial charge >= 0.3 is 5.97 Å². The van der Waals surface area contributed by atoms with E-state index in [1.807, 2.05) is 18.0 Å². The number of nitrogens with zero attached hydrogens (tertiary/aromatic N) is 1. The Kier molecular flexibility index (Phi) is 5.84. The molecule has 0 fully saturated rings. The van der Waals surface area contributed by atoms with E-state index in [9.17, 15) is 14.7 Å². The number of fused-ring (bicyclic) bond motifs is 2. The Hall–Kier alpha value is -3.46. The van der Waals surface area contributed by atoms with E-state index in [2.05, 4.69) is 0 Å². The fourth-order valence-electron chi connectivity index (χ4n) is 4.48. The fraction of sp³-hybridized carbons (Fsp3) is 0.391. The summed E-state index contributed by atoms with van der Waals surface area (Å²) in [7, 11) is 4.78. The van der Waals surface area contributed by atoms with E-state index in [-0.39, 0.29) is 29.6 Å². The van der Waals surface area contributed by atoms with Crippen molar-refractivity contribution in [1.29, 1.82) is 0 Å². The molecule has 2 aromatic rings. The monoisotopic (exact) mass is 443 g/mol. The Morgan fingerprint density at radius 1 is 1.28 bits per heavy atom. The summed E-state index contributed by atoms with van der Waals surface area (Å²) in [6.45, 7) is 1.96. The minimum absolute atomic E-state index is 0.0185. The van der Waals surface area contributed by atoms with Crippen LogP contribution in [0.15, 0.2) is 18.2 Å². The van der Waals surface area contributed by atoms with Crippen LogP contribution in [-0.2, 0) is 16.0 Å². The van der Waals surface area contributed by atoms with Crippen molar-refractivity contribution in [1.82, 2.24) is 4.90 Å². The molecule has 0 saturated heterocycles. The van der Waals surface area contributed by atoms with Crippen LogP contribution >= 0.6 is 0 Å². The second-order valence-corrected chi connectivity index (χ2v) is 7.66. The van der Waals surface area contributed by atoms with E-state index in [0.717, 1.165) is 5.56 Å². The van der Waals surface area contributed by atoms with Gasteiger partial charge in [0.2, 0.25) is 12.5 Å². The molecule has 1 N–H and O–H groups in total. The van der Waals surface area contributed by atoms with Crippen LogP contribution in [0.3, 0.4) is 0 Å². The highest BCUT2D eigenvalue weighted by atomic mass is 16.7. The van der Waals surface area contributed by atoms with E-state index in [4.69, 9.17) is 23.7 Å². The van der Waals surface area contributed by atoms with Crippen molar-refractivity contribution < 1.29 is 38.4 Å². The summed E-state index contributed by atoms with van der Waals surface area (Å²) in [6.07, 6.45) is 0.394. The smallest absolute Gasteiger partial charge is 0.303 e. The van der Waals surface area contributed by atoms with Crippen LogP contribution in [0.5, 0.6) is 28.7 Å². The first-order valence-corrected chi connectivity index (χ1v) is 10.1. The molecule has 9 heteroatoms. The van der Waals surface area contributed by atoms with E-state index in [1.54, 1.807) is 12.1 Å². The quantitative estimate of drug-likeness (QED) is 0.533. The normalized spacial score (nSPS) is 17.9. The SMILES string of the molecule is COc1ccc([C@H](OC(C)=O)[C@H]2c3c(cc4c(c3O)OCO4)CCN2C)c(C=O)c1OC. The van der Waals surface area contributed by atoms with Crippen molar-refractivity contribution in [3.63, 3.8) is 0 Å². The number of benzene rings is 2. The summed E-state index contributed by atoms with van der Waals surface area (Å²) in [6, 6.07) is 4.58. The zero-order chi connectivity index (χ0) is 23.0. The topological polar surface area (TPSA) is 104 Å². The van der Waals surface area contributed by atoms with E-state index in [0.29, 0.717) is 41.9 Å². The van der Waals surface area contributed by atoms with Gasteiger partial charge in [-0.25, -0.2) is 0 Å². The number of aromatic hydroxyl groups is 1. The average molecular weight is 443 g/mol. The van der Waals surface area contributed by atoms with Crippen LogP contribution in [0.1, 0.15) is 46.1 Å². The molecule has 0 unspecified atom stereocenters. The number of esters is 1. The Labute approximate surface area is 185 Å². The van der Waals surface area contributed by atoms with Crippen LogP contribution in [0.2, 0.25) is 0 Å². The third-order valence-electron chi connectivity index (χ3n) is 5.89. The standard InChI is InChI=1S/C23H25NO8/c1-12(26)32-22(14-5-6-16(28-3)21(29-4)15(14)10-25)19-18-13(7-8-24(19)2)9-17-23(20(18)27)31-11-30-17/h5-6,9-10,19,22,27H,7-8,11H2,1-4H3/t19-,22+/m1/s1. The number of ether oxygens (including phenoxy) is 5. The molecule has 0 aliphatic carbocycles. The molecule has 4 rings (SSSR count). The van der Waals surface area contributed by atoms with Gasteiger partial charge in [-0.1, -0.05) is 6.07 Å². The number of phenolic OH excluding ortho intramolecular Hbond substituents is 1. The van der Waals surface area contributed by atoms with Crippen LogP contribution in [-0.4, -0.2) is 56.9 Å². The molecule has 0 bridgehead atoms. The molecular weight excluding hydrogens is 418 g/mol. The van der Waals surface area contributed by atoms with Gasteiger partial charge in [-0.15, -0.1) is 0 Å².